The van der Waals surface area contributed by atoms with Gasteiger partial charge in [0, 0.05) is 16.5 Å². The number of benzene rings is 1. The monoisotopic (exact) mass is 327 g/mol. The topological polar surface area (TPSA) is 63.3 Å². The van der Waals surface area contributed by atoms with Gasteiger partial charge >= 0.3 is 5.97 Å². The summed E-state index contributed by atoms with van der Waals surface area (Å²) in [4.78, 5) is 11.3. The van der Waals surface area contributed by atoms with Crippen LogP contribution in [0.1, 0.15) is 29.5 Å². The van der Waals surface area contributed by atoms with E-state index >= 15 is 0 Å². The Morgan fingerprint density at radius 3 is 2.89 bits per heavy atom. The van der Waals surface area contributed by atoms with Crippen molar-refractivity contribution in [2.45, 2.75) is 19.8 Å². The smallest absolute Gasteiger partial charge is 0.341 e. The third kappa shape index (κ3) is 2.68. The van der Waals surface area contributed by atoms with Gasteiger partial charge in [0.1, 0.15) is 17.1 Å². The minimum atomic E-state index is -1.13. The second-order valence-corrected chi connectivity index (χ2v) is 4.86. The van der Waals surface area contributed by atoms with E-state index in [-0.39, 0.29) is 11.3 Å². The number of carboxylic acid groups (broad SMARTS) is 1. The van der Waals surface area contributed by atoms with Crippen LogP contribution in [0.5, 0.6) is 0 Å². The van der Waals surface area contributed by atoms with Gasteiger partial charge in [0.2, 0.25) is 0 Å². The van der Waals surface area contributed by atoms with Crippen molar-refractivity contribution < 1.29 is 18.8 Å². The zero-order valence-corrected chi connectivity index (χ0v) is 11.7. The molecule has 4 nitrogen and oxygen atoms in total. The molecule has 0 radical (unpaired) electrons. The van der Waals surface area contributed by atoms with Gasteiger partial charge in [-0.05, 0) is 24.6 Å². The fraction of sp³-hybridized carbons (Fsp3) is 0.231. The molecule has 6 heteroatoms. The molecular weight excluding hydrogens is 317 g/mol. The standard InChI is InChI=1S/C13H11BrFNO3/c1-2-3-10-11(13(17)18)12(16-19-10)8-6-7(15)4-5-9(8)14/h4-6H,2-3H2,1H3,(H,17,18). The van der Waals surface area contributed by atoms with Crippen LogP contribution in [0.15, 0.2) is 27.2 Å². The first kappa shape index (κ1) is 13.7. The normalized spacial score (nSPS) is 10.7. The molecule has 2 rings (SSSR count). The Balaban J connectivity index is 2.62. The van der Waals surface area contributed by atoms with E-state index < -0.39 is 11.8 Å². The number of carboxylic acids is 1. The number of nitrogens with zero attached hydrogens (tertiary/aromatic N) is 1. The summed E-state index contributed by atoms with van der Waals surface area (Å²) in [6, 6.07) is 4.01. The van der Waals surface area contributed by atoms with Crippen molar-refractivity contribution in [2.75, 3.05) is 0 Å². The van der Waals surface area contributed by atoms with Gasteiger partial charge in [0.05, 0.1) is 0 Å². The van der Waals surface area contributed by atoms with E-state index in [2.05, 4.69) is 21.1 Å². The molecule has 19 heavy (non-hydrogen) atoms. The number of hydrogen-bond donors (Lipinski definition) is 1. The molecule has 1 N–H and O–H groups in total. The van der Waals surface area contributed by atoms with Crippen LogP contribution in [0.4, 0.5) is 4.39 Å². The average molecular weight is 328 g/mol. The van der Waals surface area contributed by atoms with E-state index in [1.807, 2.05) is 6.92 Å². The molecule has 0 unspecified atom stereocenters. The van der Waals surface area contributed by atoms with Gasteiger partial charge in [0.15, 0.2) is 5.76 Å². The SMILES string of the molecule is CCCc1onc(-c2cc(F)ccc2Br)c1C(=O)O. The lowest BCUT2D eigenvalue weighted by molar-refractivity contribution is 0.0695. The largest absolute Gasteiger partial charge is 0.477 e. The zero-order chi connectivity index (χ0) is 14.0. The van der Waals surface area contributed by atoms with Crippen LogP contribution in [0.2, 0.25) is 0 Å². The van der Waals surface area contributed by atoms with E-state index in [1.54, 1.807) is 0 Å². The van der Waals surface area contributed by atoms with Crippen LogP contribution in [0, 0.1) is 5.82 Å². The Hall–Kier alpha value is -1.69. The van der Waals surface area contributed by atoms with Gasteiger partial charge in [-0.3, -0.25) is 0 Å². The Bertz CT molecular complexity index is 624. The highest BCUT2D eigenvalue weighted by molar-refractivity contribution is 9.10. The molecule has 1 heterocycles. The van der Waals surface area contributed by atoms with Gasteiger partial charge in [-0.1, -0.05) is 28.0 Å². The molecular formula is C13H11BrFNO3. The van der Waals surface area contributed by atoms with Crippen LogP contribution in [-0.4, -0.2) is 16.2 Å². The first-order valence-corrected chi connectivity index (χ1v) is 6.51. The average Bonchev–Trinajstić information content (AvgIpc) is 2.76. The molecule has 1 aromatic carbocycles. The quantitative estimate of drug-likeness (QED) is 0.925. The Morgan fingerprint density at radius 2 is 2.26 bits per heavy atom. The number of halogens is 2. The molecule has 0 amide bonds. The minimum Gasteiger partial charge on any atom is -0.477 e. The summed E-state index contributed by atoms with van der Waals surface area (Å²) in [5.41, 5.74) is 0.499. The van der Waals surface area contributed by atoms with E-state index in [0.29, 0.717) is 22.2 Å². The first-order valence-electron chi connectivity index (χ1n) is 5.71. The third-order valence-corrected chi connectivity index (χ3v) is 3.33. The lowest BCUT2D eigenvalue weighted by Crippen LogP contribution is -2.01. The molecule has 0 aliphatic heterocycles. The van der Waals surface area contributed by atoms with Crippen molar-refractivity contribution in [3.05, 3.63) is 39.8 Å². The second kappa shape index (κ2) is 5.52. The maximum Gasteiger partial charge on any atom is 0.341 e. The third-order valence-electron chi connectivity index (χ3n) is 2.64. The van der Waals surface area contributed by atoms with E-state index in [1.165, 1.54) is 18.2 Å². The fourth-order valence-electron chi connectivity index (χ4n) is 1.81. The molecule has 0 saturated carbocycles. The van der Waals surface area contributed by atoms with Crippen molar-refractivity contribution in [3.8, 4) is 11.3 Å². The highest BCUT2D eigenvalue weighted by atomic mass is 79.9. The van der Waals surface area contributed by atoms with Gasteiger partial charge in [-0.2, -0.15) is 0 Å². The minimum absolute atomic E-state index is 0.00634. The summed E-state index contributed by atoms with van der Waals surface area (Å²) >= 11 is 3.26. The molecule has 100 valence electrons. The van der Waals surface area contributed by atoms with Crippen LogP contribution in [0.3, 0.4) is 0 Å². The van der Waals surface area contributed by atoms with Crippen LogP contribution < -0.4 is 0 Å². The summed E-state index contributed by atoms with van der Waals surface area (Å²) in [5, 5.41) is 13.1. The molecule has 0 aliphatic rings. The van der Waals surface area contributed by atoms with Gasteiger partial charge in [0.25, 0.3) is 0 Å². The van der Waals surface area contributed by atoms with Crippen molar-refractivity contribution in [2.24, 2.45) is 0 Å². The molecule has 0 atom stereocenters. The number of carbonyl (C=O) groups is 1. The van der Waals surface area contributed by atoms with Crippen LogP contribution in [-0.2, 0) is 6.42 Å². The number of aryl methyl sites for hydroxylation is 1. The summed E-state index contributed by atoms with van der Waals surface area (Å²) in [5.74, 6) is -1.29. The maximum atomic E-state index is 13.3. The molecule has 0 saturated heterocycles. The predicted molar refractivity (Wildman–Crippen MR) is 70.6 cm³/mol. The Labute approximate surface area is 117 Å². The molecule has 1 aromatic heterocycles. The molecule has 0 fully saturated rings. The lowest BCUT2D eigenvalue weighted by atomic mass is 10.0. The van der Waals surface area contributed by atoms with Crippen LogP contribution in [0.25, 0.3) is 11.3 Å². The maximum absolute atomic E-state index is 13.3. The molecule has 0 aliphatic carbocycles. The number of aromatic nitrogens is 1. The summed E-state index contributed by atoms with van der Waals surface area (Å²) < 4.78 is 18.9. The van der Waals surface area contributed by atoms with Crippen LogP contribution >= 0.6 is 15.9 Å². The highest BCUT2D eigenvalue weighted by Gasteiger charge is 2.24. The van der Waals surface area contributed by atoms with Crippen molar-refractivity contribution in [1.29, 1.82) is 0 Å². The summed E-state index contributed by atoms with van der Waals surface area (Å²) in [6.45, 7) is 1.91. The second-order valence-electron chi connectivity index (χ2n) is 4.01. The van der Waals surface area contributed by atoms with Crippen molar-refractivity contribution >= 4 is 21.9 Å². The van der Waals surface area contributed by atoms with E-state index in [4.69, 9.17) is 4.52 Å². The lowest BCUT2D eigenvalue weighted by Gasteiger charge is -2.02. The first-order chi connectivity index (χ1) is 9.04. The van der Waals surface area contributed by atoms with Crippen molar-refractivity contribution in [3.63, 3.8) is 0 Å². The fourth-order valence-corrected chi connectivity index (χ4v) is 2.24. The Morgan fingerprint density at radius 1 is 1.53 bits per heavy atom. The van der Waals surface area contributed by atoms with E-state index in [0.717, 1.165) is 6.42 Å². The predicted octanol–water partition coefficient (Wildman–Crippen LogP) is 3.89. The molecule has 0 bridgehead atoms. The molecule has 0 spiro atoms. The van der Waals surface area contributed by atoms with Crippen molar-refractivity contribution in [1.82, 2.24) is 5.16 Å². The zero-order valence-electron chi connectivity index (χ0n) is 10.1. The number of hydrogen-bond acceptors (Lipinski definition) is 3. The number of aromatic carboxylic acids is 1. The number of rotatable bonds is 4. The van der Waals surface area contributed by atoms with Gasteiger partial charge in [-0.25, -0.2) is 9.18 Å². The molecule has 2 aromatic rings. The Kier molecular flexibility index (Phi) is 3.99. The highest BCUT2D eigenvalue weighted by Crippen LogP contribution is 2.32. The van der Waals surface area contributed by atoms with E-state index in [9.17, 15) is 14.3 Å². The van der Waals surface area contributed by atoms with Gasteiger partial charge < -0.3 is 9.63 Å². The summed E-state index contributed by atoms with van der Waals surface area (Å²) in [6.07, 6.45) is 1.21. The summed E-state index contributed by atoms with van der Waals surface area (Å²) in [7, 11) is 0. The van der Waals surface area contributed by atoms with Gasteiger partial charge in [-0.15, -0.1) is 0 Å².